The van der Waals surface area contributed by atoms with E-state index in [1.165, 1.54) is 0 Å². The fraction of sp³-hybridized carbons (Fsp3) is 0.444. The van der Waals surface area contributed by atoms with Crippen molar-refractivity contribution in [3.63, 3.8) is 0 Å². The third kappa shape index (κ3) is 2.72. The van der Waals surface area contributed by atoms with Gasteiger partial charge in [0.2, 0.25) is 0 Å². The Balaban J connectivity index is 1.92. The summed E-state index contributed by atoms with van der Waals surface area (Å²) in [5.41, 5.74) is 2.47. The predicted molar refractivity (Wildman–Crippen MR) is 88.5 cm³/mol. The van der Waals surface area contributed by atoms with Gasteiger partial charge in [0.15, 0.2) is 11.5 Å². The highest BCUT2D eigenvalue weighted by Crippen LogP contribution is 2.37. The lowest BCUT2D eigenvalue weighted by molar-refractivity contribution is 0.0734. The summed E-state index contributed by atoms with van der Waals surface area (Å²) in [5, 5.41) is 4.03. The van der Waals surface area contributed by atoms with Crippen molar-refractivity contribution < 1.29 is 18.8 Å². The highest BCUT2D eigenvalue weighted by molar-refractivity contribution is 5.95. The molecule has 0 saturated carbocycles. The molecule has 2 aromatic rings. The average Bonchev–Trinajstić information content (AvgIpc) is 3.19. The summed E-state index contributed by atoms with van der Waals surface area (Å²) in [5.74, 6) is 1.93. The van der Waals surface area contributed by atoms with Gasteiger partial charge in [-0.25, -0.2) is 0 Å². The second-order valence-electron chi connectivity index (χ2n) is 5.96. The zero-order valence-electron chi connectivity index (χ0n) is 14.5. The lowest BCUT2D eigenvalue weighted by Crippen LogP contribution is -2.31. The largest absolute Gasteiger partial charge is 0.493 e. The Hall–Kier alpha value is -2.50. The second kappa shape index (κ2) is 6.55. The number of amides is 1. The Labute approximate surface area is 141 Å². The SMILES string of the molecule is COc1ccc(C(=O)N2CCC[C@H]2c2c(C)noc2C)cc1OC. The van der Waals surface area contributed by atoms with Crippen LogP contribution < -0.4 is 9.47 Å². The van der Waals surface area contributed by atoms with Gasteiger partial charge in [-0.1, -0.05) is 5.16 Å². The average molecular weight is 330 g/mol. The van der Waals surface area contributed by atoms with Crippen LogP contribution in [-0.2, 0) is 0 Å². The summed E-state index contributed by atoms with van der Waals surface area (Å²) in [4.78, 5) is 14.9. The third-order valence-electron chi connectivity index (χ3n) is 4.57. The molecular formula is C18H22N2O4. The second-order valence-corrected chi connectivity index (χ2v) is 5.96. The molecule has 0 N–H and O–H groups in total. The number of carbonyl (C=O) groups excluding carboxylic acids is 1. The van der Waals surface area contributed by atoms with Crippen molar-refractivity contribution in [2.24, 2.45) is 0 Å². The summed E-state index contributed by atoms with van der Waals surface area (Å²) in [6.45, 7) is 4.54. The number of nitrogens with zero attached hydrogens (tertiary/aromatic N) is 2. The molecule has 0 radical (unpaired) electrons. The number of hydrogen-bond donors (Lipinski definition) is 0. The van der Waals surface area contributed by atoms with Gasteiger partial charge >= 0.3 is 0 Å². The van der Waals surface area contributed by atoms with E-state index in [2.05, 4.69) is 5.16 Å². The van der Waals surface area contributed by atoms with Gasteiger partial charge in [0.25, 0.3) is 5.91 Å². The van der Waals surface area contributed by atoms with E-state index in [1.807, 2.05) is 18.7 Å². The predicted octanol–water partition coefficient (Wildman–Crippen LogP) is 3.29. The van der Waals surface area contributed by atoms with Crippen LogP contribution in [0.15, 0.2) is 22.7 Å². The highest BCUT2D eigenvalue weighted by atomic mass is 16.5. The molecule has 2 heterocycles. The lowest BCUT2D eigenvalue weighted by Gasteiger charge is -2.25. The maximum atomic E-state index is 13.0. The fourth-order valence-corrected chi connectivity index (χ4v) is 3.41. The first-order chi connectivity index (χ1) is 11.6. The number of ether oxygens (including phenoxy) is 2. The minimum Gasteiger partial charge on any atom is -0.493 e. The molecule has 1 saturated heterocycles. The molecule has 0 spiro atoms. The van der Waals surface area contributed by atoms with Crippen LogP contribution >= 0.6 is 0 Å². The van der Waals surface area contributed by atoms with Crippen molar-refractivity contribution in [3.05, 3.63) is 40.8 Å². The van der Waals surface area contributed by atoms with Gasteiger partial charge in [-0.2, -0.15) is 0 Å². The summed E-state index contributed by atoms with van der Waals surface area (Å²) in [6.07, 6.45) is 1.88. The molecule has 1 atom stereocenters. The Morgan fingerprint density at radius 3 is 2.62 bits per heavy atom. The van der Waals surface area contributed by atoms with Crippen molar-refractivity contribution in [1.29, 1.82) is 0 Å². The Bertz CT molecular complexity index is 734. The van der Waals surface area contributed by atoms with Gasteiger partial charge in [-0.05, 0) is 44.9 Å². The summed E-state index contributed by atoms with van der Waals surface area (Å²) in [7, 11) is 3.14. The number of carbonyl (C=O) groups is 1. The van der Waals surface area contributed by atoms with Crippen LogP contribution in [0.5, 0.6) is 11.5 Å². The third-order valence-corrected chi connectivity index (χ3v) is 4.57. The van der Waals surface area contributed by atoms with E-state index in [1.54, 1.807) is 32.4 Å². The van der Waals surface area contributed by atoms with Crippen molar-refractivity contribution >= 4 is 5.91 Å². The Morgan fingerprint density at radius 2 is 2.00 bits per heavy atom. The van der Waals surface area contributed by atoms with Crippen LogP contribution in [0.25, 0.3) is 0 Å². The molecular weight excluding hydrogens is 308 g/mol. The molecule has 0 bridgehead atoms. The first-order valence-corrected chi connectivity index (χ1v) is 8.02. The van der Waals surface area contributed by atoms with Crippen molar-refractivity contribution in [1.82, 2.24) is 10.1 Å². The number of methoxy groups -OCH3 is 2. The molecule has 3 rings (SSSR count). The number of hydrogen-bond acceptors (Lipinski definition) is 5. The number of aromatic nitrogens is 1. The highest BCUT2D eigenvalue weighted by Gasteiger charge is 2.34. The zero-order chi connectivity index (χ0) is 17.3. The standard InChI is InChI=1S/C18H22N2O4/c1-11-17(12(2)24-19-11)14-6-5-9-20(14)18(21)13-7-8-15(22-3)16(10-13)23-4/h7-8,10,14H,5-6,9H2,1-4H3/t14-/m0/s1. The number of aryl methyl sites for hydroxylation is 2. The Kier molecular flexibility index (Phi) is 4.46. The smallest absolute Gasteiger partial charge is 0.254 e. The number of benzene rings is 1. The van der Waals surface area contributed by atoms with Crippen LogP contribution in [0, 0.1) is 13.8 Å². The van der Waals surface area contributed by atoms with E-state index in [-0.39, 0.29) is 11.9 Å². The summed E-state index contributed by atoms with van der Waals surface area (Å²) >= 11 is 0. The van der Waals surface area contributed by atoms with Crippen LogP contribution in [0.2, 0.25) is 0 Å². The fourth-order valence-electron chi connectivity index (χ4n) is 3.41. The van der Waals surface area contributed by atoms with E-state index in [9.17, 15) is 4.79 Å². The molecule has 1 amide bonds. The van der Waals surface area contributed by atoms with E-state index in [4.69, 9.17) is 14.0 Å². The first-order valence-electron chi connectivity index (χ1n) is 8.02. The molecule has 24 heavy (non-hydrogen) atoms. The van der Waals surface area contributed by atoms with Crippen molar-refractivity contribution in [2.75, 3.05) is 20.8 Å². The van der Waals surface area contributed by atoms with E-state index >= 15 is 0 Å². The molecule has 0 unspecified atom stereocenters. The molecule has 1 aromatic carbocycles. The molecule has 0 aliphatic carbocycles. The maximum Gasteiger partial charge on any atom is 0.254 e. The van der Waals surface area contributed by atoms with Gasteiger partial charge < -0.3 is 18.9 Å². The van der Waals surface area contributed by atoms with Crippen LogP contribution in [0.4, 0.5) is 0 Å². The molecule has 1 aliphatic rings. The maximum absolute atomic E-state index is 13.0. The molecule has 1 fully saturated rings. The van der Waals surface area contributed by atoms with E-state index < -0.39 is 0 Å². The summed E-state index contributed by atoms with van der Waals surface area (Å²) in [6, 6.07) is 5.26. The quantitative estimate of drug-likeness (QED) is 0.861. The minimum absolute atomic E-state index is 0.0110. The molecule has 1 aliphatic heterocycles. The Morgan fingerprint density at radius 1 is 1.25 bits per heavy atom. The van der Waals surface area contributed by atoms with Crippen LogP contribution in [-0.4, -0.2) is 36.7 Å². The topological polar surface area (TPSA) is 64.8 Å². The number of rotatable bonds is 4. The minimum atomic E-state index is -0.0153. The van der Waals surface area contributed by atoms with Gasteiger partial charge in [0.05, 0.1) is 26.0 Å². The molecule has 6 nitrogen and oxygen atoms in total. The van der Waals surface area contributed by atoms with Gasteiger partial charge in [-0.3, -0.25) is 4.79 Å². The first kappa shape index (κ1) is 16.4. The summed E-state index contributed by atoms with van der Waals surface area (Å²) < 4.78 is 15.8. The van der Waals surface area contributed by atoms with E-state index in [0.29, 0.717) is 17.1 Å². The van der Waals surface area contributed by atoms with Gasteiger partial charge in [-0.15, -0.1) is 0 Å². The van der Waals surface area contributed by atoms with Crippen molar-refractivity contribution in [2.45, 2.75) is 32.7 Å². The normalized spacial score (nSPS) is 17.2. The molecule has 128 valence electrons. The van der Waals surface area contributed by atoms with Crippen LogP contribution in [0.3, 0.4) is 0 Å². The van der Waals surface area contributed by atoms with Crippen molar-refractivity contribution in [3.8, 4) is 11.5 Å². The zero-order valence-corrected chi connectivity index (χ0v) is 14.5. The van der Waals surface area contributed by atoms with Gasteiger partial charge in [0, 0.05) is 17.7 Å². The van der Waals surface area contributed by atoms with E-state index in [0.717, 1.165) is 36.4 Å². The monoisotopic (exact) mass is 330 g/mol. The van der Waals surface area contributed by atoms with Gasteiger partial charge in [0.1, 0.15) is 5.76 Å². The lowest BCUT2D eigenvalue weighted by atomic mass is 10.0. The number of likely N-dealkylation sites (tertiary alicyclic amines) is 1. The molecule has 6 heteroatoms. The van der Waals surface area contributed by atoms with Crippen LogP contribution in [0.1, 0.15) is 46.3 Å². The molecule has 1 aromatic heterocycles.